The third kappa shape index (κ3) is 8.16. The van der Waals surface area contributed by atoms with Crippen LogP contribution in [0.1, 0.15) is 117 Å². The van der Waals surface area contributed by atoms with Crippen LogP contribution in [0.25, 0.3) is 0 Å². The number of esters is 1. The molecule has 0 aromatic heterocycles. The van der Waals surface area contributed by atoms with E-state index in [0.717, 1.165) is 32.1 Å². The highest BCUT2D eigenvalue weighted by Crippen LogP contribution is 2.44. The molecule has 41 heavy (non-hydrogen) atoms. The second-order valence-electron chi connectivity index (χ2n) is 13.4. The molecule has 0 spiro atoms. The molecule has 2 aromatic carbocycles. The third-order valence-corrected chi connectivity index (χ3v) is 7.87. The van der Waals surface area contributed by atoms with Crippen molar-refractivity contribution in [1.29, 1.82) is 0 Å². The Kier molecular flexibility index (Phi) is 10.1. The maximum atomic E-state index is 15.3. The molecule has 1 fully saturated rings. The zero-order valence-corrected chi connectivity index (χ0v) is 25.3. The summed E-state index contributed by atoms with van der Waals surface area (Å²) in [6.45, 7) is 13.0. The number of hydrogen-bond donors (Lipinski definition) is 1. The molecule has 4 nitrogen and oxygen atoms in total. The van der Waals surface area contributed by atoms with Crippen molar-refractivity contribution in [3.05, 3.63) is 52.6 Å². The minimum absolute atomic E-state index is 0.0471. The summed E-state index contributed by atoms with van der Waals surface area (Å²) >= 11 is 0. The number of alkyl halides is 2. The van der Waals surface area contributed by atoms with Crippen LogP contribution in [-0.4, -0.2) is 11.1 Å². The average molecular weight is 581 g/mol. The van der Waals surface area contributed by atoms with Crippen LogP contribution in [0, 0.1) is 23.5 Å². The van der Waals surface area contributed by atoms with Crippen LogP contribution in [0.3, 0.4) is 0 Å². The number of hydrogen-bond acceptors (Lipinski definition) is 4. The number of carbonyl (C=O) groups excluding carboxylic acids is 1. The third-order valence-electron chi connectivity index (χ3n) is 7.87. The van der Waals surface area contributed by atoms with Gasteiger partial charge in [0.2, 0.25) is 0 Å². The van der Waals surface area contributed by atoms with Gasteiger partial charge < -0.3 is 14.6 Å². The van der Waals surface area contributed by atoms with Gasteiger partial charge in [0, 0.05) is 23.3 Å². The molecule has 228 valence electrons. The van der Waals surface area contributed by atoms with Crippen molar-refractivity contribution in [2.45, 2.75) is 117 Å². The fourth-order valence-corrected chi connectivity index (χ4v) is 5.47. The Labute approximate surface area is 241 Å². The lowest BCUT2D eigenvalue weighted by atomic mass is 9.79. The van der Waals surface area contributed by atoms with E-state index in [1.54, 1.807) is 41.5 Å². The Morgan fingerprint density at radius 2 is 1.37 bits per heavy atom. The summed E-state index contributed by atoms with van der Waals surface area (Å²) in [6.07, 6.45) is 3.27. The van der Waals surface area contributed by atoms with E-state index in [0.29, 0.717) is 42.0 Å². The molecule has 2 aromatic rings. The summed E-state index contributed by atoms with van der Waals surface area (Å²) in [5.74, 6) is -4.49. The monoisotopic (exact) mass is 580 g/mol. The van der Waals surface area contributed by atoms with Crippen molar-refractivity contribution < 1.29 is 36.9 Å². The van der Waals surface area contributed by atoms with Crippen LogP contribution in [0.5, 0.6) is 17.2 Å². The first-order valence-corrected chi connectivity index (χ1v) is 14.6. The van der Waals surface area contributed by atoms with Crippen LogP contribution in [0.15, 0.2) is 24.3 Å². The van der Waals surface area contributed by atoms with Crippen molar-refractivity contribution in [3.8, 4) is 17.2 Å². The van der Waals surface area contributed by atoms with Gasteiger partial charge in [0.1, 0.15) is 34.4 Å². The second kappa shape index (κ2) is 12.6. The van der Waals surface area contributed by atoms with Crippen LogP contribution >= 0.6 is 0 Å². The number of unbranched alkanes of at least 4 members (excludes halogenated alkanes) is 2. The number of phenols is 1. The van der Waals surface area contributed by atoms with E-state index in [2.05, 4.69) is 6.92 Å². The van der Waals surface area contributed by atoms with Gasteiger partial charge >= 0.3 is 12.1 Å². The molecule has 0 heterocycles. The van der Waals surface area contributed by atoms with Crippen molar-refractivity contribution >= 4 is 5.97 Å². The normalized spacial score (nSPS) is 18.3. The maximum absolute atomic E-state index is 15.3. The highest BCUT2D eigenvalue weighted by Gasteiger charge is 2.42. The predicted molar refractivity (Wildman–Crippen MR) is 152 cm³/mol. The van der Waals surface area contributed by atoms with E-state index in [1.165, 1.54) is 18.6 Å². The molecule has 0 aliphatic heterocycles. The van der Waals surface area contributed by atoms with Crippen molar-refractivity contribution in [2.24, 2.45) is 11.8 Å². The molecule has 8 heteroatoms. The molecule has 0 atom stereocenters. The molecular weight excluding hydrogens is 536 g/mol. The van der Waals surface area contributed by atoms with E-state index >= 15 is 8.78 Å². The van der Waals surface area contributed by atoms with E-state index in [4.69, 9.17) is 9.47 Å². The maximum Gasteiger partial charge on any atom is 0.432 e. The Balaban J connectivity index is 1.79. The largest absolute Gasteiger partial charge is 0.507 e. The van der Waals surface area contributed by atoms with Gasteiger partial charge in [0.05, 0.1) is 5.92 Å². The lowest BCUT2D eigenvalue weighted by Crippen LogP contribution is -2.27. The fraction of sp³-hybridized carbons (Fsp3) is 0.606. The Bertz CT molecular complexity index is 1160. The number of ether oxygens (including phenoxy) is 2. The van der Waals surface area contributed by atoms with E-state index in [1.807, 2.05) is 0 Å². The molecule has 0 bridgehead atoms. The summed E-state index contributed by atoms with van der Waals surface area (Å²) in [6, 6.07) is 3.68. The minimum Gasteiger partial charge on any atom is -0.507 e. The molecule has 0 amide bonds. The molecule has 1 N–H and O–H groups in total. The highest BCUT2D eigenvalue weighted by molar-refractivity contribution is 5.75. The Morgan fingerprint density at radius 1 is 0.854 bits per heavy atom. The van der Waals surface area contributed by atoms with Gasteiger partial charge in [-0.05, 0) is 54.6 Å². The van der Waals surface area contributed by atoms with Crippen molar-refractivity contribution in [3.63, 3.8) is 0 Å². The summed E-state index contributed by atoms with van der Waals surface area (Å²) in [5.41, 5.74) is -2.14. The topological polar surface area (TPSA) is 55.8 Å². The molecule has 0 saturated heterocycles. The van der Waals surface area contributed by atoms with Crippen LogP contribution in [0.2, 0.25) is 0 Å². The SMILES string of the molecule is CCCCCC1CCC(C(=O)Oc2cc(F)c(C(F)(F)Oc3cc(C(C)(C)C)c(O)c(C(C)(C)C)c3)c(F)c2)CC1. The molecule has 3 rings (SSSR count). The molecular formula is C33H44F4O4. The first kappa shape index (κ1) is 32.7. The van der Waals surface area contributed by atoms with E-state index < -0.39 is 51.8 Å². The van der Waals surface area contributed by atoms with Crippen LogP contribution in [-0.2, 0) is 21.7 Å². The van der Waals surface area contributed by atoms with E-state index in [-0.39, 0.29) is 11.5 Å². The van der Waals surface area contributed by atoms with Crippen LogP contribution < -0.4 is 9.47 Å². The van der Waals surface area contributed by atoms with Crippen molar-refractivity contribution in [2.75, 3.05) is 0 Å². The number of benzene rings is 2. The average Bonchev–Trinajstić information content (AvgIpc) is 2.83. The van der Waals surface area contributed by atoms with Crippen LogP contribution in [0.4, 0.5) is 17.6 Å². The summed E-state index contributed by atoms with van der Waals surface area (Å²) in [5, 5.41) is 10.8. The zero-order valence-electron chi connectivity index (χ0n) is 25.3. The minimum atomic E-state index is -4.39. The van der Waals surface area contributed by atoms with Gasteiger partial charge in [-0.1, -0.05) is 74.1 Å². The molecule has 0 unspecified atom stereocenters. The summed E-state index contributed by atoms with van der Waals surface area (Å²) < 4.78 is 70.6. The van der Waals surface area contributed by atoms with Gasteiger partial charge in [-0.2, -0.15) is 8.78 Å². The summed E-state index contributed by atoms with van der Waals surface area (Å²) in [4.78, 5) is 12.7. The Morgan fingerprint density at radius 3 is 1.83 bits per heavy atom. The highest BCUT2D eigenvalue weighted by atomic mass is 19.3. The standard InChI is InChI=1S/C33H44F4O4/c1-8-9-10-11-20-12-14-21(15-13-20)30(39)40-22-18-26(34)28(27(35)19-22)33(36,37)41-23-16-24(31(2,3)4)29(38)25(17-23)32(5,6)7/h16-21,38H,8-15H2,1-7H3. The lowest BCUT2D eigenvalue weighted by molar-refractivity contribution is -0.189. The Hall–Kier alpha value is -2.77. The van der Waals surface area contributed by atoms with E-state index in [9.17, 15) is 18.7 Å². The number of carbonyl (C=O) groups is 1. The number of aromatic hydroxyl groups is 1. The van der Waals surface area contributed by atoms with Gasteiger partial charge in [-0.25, -0.2) is 8.78 Å². The first-order chi connectivity index (χ1) is 18.9. The number of halogens is 4. The predicted octanol–water partition coefficient (Wildman–Crippen LogP) is 9.69. The quantitative estimate of drug-likeness (QED) is 0.139. The summed E-state index contributed by atoms with van der Waals surface area (Å²) in [7, 11) is 0. The zero-order chi connectivity index (χ0) is 30.8. The molecule has 0 radical (unpaired) electrons. The second-order valence-corrected chi connectivity index (χ2v) is 13.4. The number of phenolic OH excluding ortho intramolecular Hbond substituents is 1. The molecule has 1 saturated carbocycles. The molecule has 1 aliphatic rings. The van der Waals surface area contributed by atoms with Gasteiger partial charge in [0.15, 0.2) is 0 Å². The van der Waals surface area contributed by atoms with Gasteiger partial charge in [-0.3, -0.25) is 4.79 Å². The van der Waals surface area contributed by atoms with Gasteiger partial charge in [-0.15, -0.1) is 0 Å². The fourth-order valence-electron chi connectivity index (χ4n) is 5.47. The number of rotatable bonds is 9. The smallest absolute Gasteiger partial charge is 0.432 e. The van der Waals surface area contributed by atoms with Crippen molar-refractivity contribution in [1.82, 2.24) is 0 Å². The first-order valence-electron chi connectivity index (χ1n) is 14.6. The molecule has 1 aliphatic carbocycles. The van der Waals surface area contributed by atoms with Gasteiger partial charge in [0.25, 0.3) is 0 Å². The lowest BCUT2D eigenvalue weighted by Gasteiger charge is -2.29.